The summed E-state index contributed by atoms with van der Waals surface area (Å²) in [7, 11) is -3.57. The summed E-state index contributed by atoms with van der Waals surface area (Å²) in [5.74, 6) is 0. The monoisotopic (exact) mass is 320 g/mol. The summed E-state index contributed by atoms with van der Waals surface area (Å²) < 4.78 is 27.0. The van der Waals surface area contributed by atoms with Gasteiger partial charge in [0.2, 0.25) is 10.0 Å². The number of halogens is 1. The number of nitrogens with two attached hydrogens (primary N) is 1. The van der Waals surface area contributed by atoms with Gasteiger partial charge in [0.1, 0.15) is 4.99 Å². The van der Waals surface area contributed by atoms with E-state index in [1.807, 2.05) is 13.8 Å². The molecule has 19 heavy (non-hydrogen) atoms. The summed E-state index contributed by atoms with van der Waals surface area (Å²) in [5.41, 5.74) is 5.95. The molecule has 0 unspecified atom stereocenters. The summed E-state index contributed by atoms with van der Waals surface area (Å²) in [6.07, 6.45) is 1.46. The molecule has 106 valence electrons. The highest BCUT2D eigenvalue weighted by atomic mass is 35.5. The van der Waals surface area contributed by atoms with Crippen molar-refractivity contribution in [2.24, 2.45) is 5.73 Å². The van der Waals surface area contributed by atoms with Crippen LogP contribution in [0.1, 0.15) is 32.3 Å². The number of hydrogen-bond acceptors (Lipinski definition) is 3. The average Bonchev–Trinajstić information content (AvgIpc) is 2.35. The summed E-state index contributed by atoms with van der Waals surface area (Å²) in [4.78, 5) is 0.256. The Hall–Kier alpha value is -0.690. The van der Waals surface area contributed by atoms with Crippen molar-refractivity contribution in [2.75, 3.05) is 0 Å². The number of sulfonamides is 1. The Morgan fingerprint density at radius 2 is 2.00 bits per heavy atom. The van der Waals surface area contributed by atoms with E-state index in [0.29, 0.717) is 5.56 Å². The van der Waals surface area contributed by atoms with Crippen LogP contribution in [0.2, 0.25) is 5.02 Å². The number of rotatable bonds is 6. The Morgan fingerprint density at radius 3 is 2.42 bits per heavy atom. The Labute approximate surface area is 124 Å². The molecule has 0 aliphatic carbocycles. The van der Waals surface area contributed by atoms with Gasteiger partial charge in [-0.05, 0) is 31.0 Å². The molecule has 0 amide bonds. The minimum Gasteiger partial charge on any atom is -0.389 e. The molecule has 0 saturated carbocycles. The maximum absolute atomic E-state index is 12.2. The highest BCUT2D eigenvalue weighted by molar-refractivity contribution is 7.89. The van der Waals surface area contributed by atoms with Crippen molar-refractivity contribution in [3.8, 4) is 0 Å². The molecule has 0 aliphatic heterocycles. The van der Waals surface area contributed by atoms with Crippen LogP contribution in [0.15, 0.2) is 23.1 Å². The van der Waals surface area contributed by atoms with Gasteiger partial charge in [0.05, 0.1) is 9.92 Å². The minimum atomic E-state index is -3.57. The third kappa shape index (κ3) is 4.14. The van der Waals surface area contributed by atoms with Gasteiger partial charge in [0, 0.05) is 11.6 Å². The van der Waals surface area contributed by atoms with E-state index in [1.165, 1.54) is 18.2 Å². The van der Waals surface area contributed by atoms with Crippen LogP contribution < -0.4 is 10.5 Å². The van der Waals surface area contributed by atoms with Crippen LogP contribution in [0.5, 0.6) is 0 Å². The highest BCUT2D eigenvalue weighted by Gasteiger charge is 2.19. The molecule has 0 radical (unpaired) electrons. The van der Waals surface area contributed by atoms with Crippen LogP contribution >= 0.6 is 23.8 Å². The molecular weight excluding hydrogens is 304 g/mol. The van der Waals surface area contributed by atoms with Gasteiger partial charge in [-0.3, -0.25) is 0 Å². The van der Waals surface area contributed by atoms with Gasteiger partial charge in [-0.15, -0.1) is 0 Å². The third-order valence-electron chi connectivity index (χ3n) is 2.82. The second kappa shape index (κ2) is 6.65. The van der Waals surface area contributed by atoms with Crippen molar-refractivity contribution >= 4 is 38.8 Å². The van der Waals surface area contributed by atoms with Gasteiger partial charge in [-0.2, -0.15) is 0 Å². The molecule has 0 bridgehead atoms. The maximum atomic E-state index is 12.2. The van der Waals surface area contributed by atoms with Gasteiger partial charge < -0.3 is 5.73 Å². The lowest BCUT2D eigenvalue weighted by molar-refractivity contribution is 0.530. The van der Waals surface area contributed by atoms with Crippen LogP contribution in [0.4, 0.5) is 0 Å². The zero-order valence-electron chi connectivity index (χ0n) is 10.8. The summed E-state index contributed by atoms with van der Waals surface area (Å²) in [5, 5.41) is 0.236. The first-order valence-electron chi connectivity index (χ1n) is 5.93. The second-order valence-electron chi connectivity index (χ2n) is 4.14. The fraction of sp³-hybridized carbons (Fsp3) is 0.417. The fourth-order valence-corrected chi connectivity index (χ4v) is 3.62. The summed E-state index contributed by atoms with van der Waals surface area (Å²) >= 11 is 10.8. The molecule has 0 saturated heterocycles. The van der Waals surface area contributed by atoms with Gasteiger partial charge in [0.15, 0.2) is 0 Å². The van der Waals surface area contributed by atoms with Crippen molar-refractivity contribution in [1.29, 1.82) is 0 Å². The Kier molecular flexibility index (Phi) is 5.73. The molecule has 4 nitrogen and oxygen atoms in total. The lowest BCUT2D eigenvalue weighted by atomic mass is 10.2. The van der Waals surface area contributed by atoms with Crippen molar-refractivity contribution in [3.63, 3.8) is 0 Å². The van der Waals surface area contributed by atoms with Gasteiger partial charge in [-0.25, -0.2) is 13.1 Å². The van der Waals surface area contributed by atoms with Crippen LogP contribution in [0.25, 0.3) is 0 Å². The number of hydrogen-bond donors (Lipinski definition) is 2. The first kappa shape index (κ1) is 16.4. The van der Waals surface area contributed by atoms with Crippen molar-refractivity contribution in [3.05, 3.63) is 28.8 Å². The number of benzene rings is 1. The smallest absolute Gasteiger partial charge is 0.240 e. The molecule has 7 heteroatoms. The highest BCUT2D eigenvalue weighted by Crippen LogP contribution is 2.21. The lowest BCUT2D eigenvalue weighted by Gasteiger charge is -2.15. The molecule has 3 N–H and O–H groups in total. The predicted octanol–water partition coefficient (Wildman–Crippen LogP) is 2.44. The normalized spacial score (nSPS) is 11.8. The predicted molar refractivity (Wildman–Crippen MR) is 82.0 cm³/mol. The van der Waals surface area contributed by atoms with Crippen LogP contribution in [0.3, 0.4) is 0 Å². The van der Waals surface area contributed by atoms with Crippen molar-refractivity contribution < 1.29 is 8.42 Å². The van der Waals surface area contributed by atoms with Crippen molar-refractivity contribution in [1.82, 2.24) is 4.72 Å². The molecule has 0 fully saturated rings. The van der Waals surface area contributed by atoms with E-state index < -0.39 is 10.0 Å². The van der Waals surface area contributed by atoms with E-state index >= 15 is 0 Å². The van der Waals surface area contributed by atoms with Crippen LogP contribution in [-0.4, -0.2) is 19.4 Å². The SMILES string of the molecule is CCC(CC)NS(=O)(=O)c1ccc(C(N)=S)c(Cl)c1. The van der Waals surface area contributed by atoms with Crippen molar-refractivity contribution in [2.45, 2.75) is 37.6 Å². The molecule has 1 rings (SSSR count). The largest absolute Gasteiger partial charge is 0.389 e. The molecule has 0 aliphatic rings. The first-order valence-corrected chi connectivity index (χ1v) is 8.20. The van der Waals surface area contributed by atoms with E-state index in [1.54, 1.807) is 0 Å². The number of thiocarbonyl (C=S) groups is 1. The van der Waals surface area contributed by atoms with E-state index in [2.05, 4.69) is 4.72 Å². The molecule has 0 spiro atoms. The quantitative estimate of drug-likeness (QED) is 0.790. The maximum Gasteiger partial charge on any atom is 0.240 e. The Bertz CT molecular complexity index is 569. The topological polar surface area (TPSA) is 72.2 Å². The number of nitrogens with one attached hydrogen (secondary N) is 1. The van der Waals surface area contributed by atoms with Gasteiger partial charge >= 0.3 is 0 Å². The Balaban J connectivity index is 3.09. The van der Waals surface area contributed by atoms with E-state index in [0.717, 1.165) is 12.8 Å². The Morgan fingerprint density at radius 1 is 1.42 bits per heavy atom. The zero-order chi connectivity index (χ0) is 14.6. The minimum absolute atomic E-state index is 0.0842. The summed E-state index contributed by atoms with van der Waals surface area (Å²) in [6.45, 7) is 3.86. The molecule has 1 aromatic rings. The second-order valence-corrected chi connectivity index (χ2v) is 6.70. The van der Waals surface area contributed by atoms with Crippen LogP contribution in [-0.2, 0) is 10.0 Å². The van der Waals surface area contributed by atoms with Gasteiger partial charge in [0.25, 0.3) is 0 Å². The van der Waals surface area contributed by atoms with Gasteiger partial charge in [-0.1, -0.05) is 37.7 Å². The lowest BCUT2D eigenvalue weighted by Crippen LogP contribution is -2.33. The zero-order valence-corrected chi connectivity index (χ0v) is 13.2. The molecule has 0 atom stereocenters. The molecule has 1 aromatic carbocycles. The van der Waals surface area contributed by atoms with E-state index in [4.69, 9.17) is 29.6 Å². The van der Waals surface area contributed by atoms with E-state index in [-0.39, 0.29) is 20.9 Å². The summed E-state index contributed by atoms with van der Waals surface area (Å²) in [6, 6.07) is 4.25. The molecule has 0 heterocycles. The first-order chi connectivity index (χ1) is 8.81. The van der Waals surface area contributed by atoms with Crippen LogP contribution in [0, 0.1) is 0 Å². The average molecular weight is 321 g/mol. The molecule has 0 aromatic heterocycles. The standard InChI is InChI=1S/C12H17ClN2O2S2/c1-3-8(4-2)15-19(16,17)9-5-6-10(12(14)18)11(13)7-9/h5-8,15H,3-4H2,1-2H3,(H2,14,18). The fourth-order valence-electron chi connectivity index (χ4n) is 1.61. The van der Waals surface area contributed by atoms with E-state index in [9.17, 15) is 8.42 Å². The molecular formula is C12H17ClN2O2S2. The third-order valence-corrected chi connectivity index (χ3v) is 4.87.